The molecule has 0 unspecified atom stereocenters. The lowest BCUT2D eigenvalue weighted by molar-refractivity contribution is 0.112. The van der Waals surface area contributed by atoms with E-state index in [1.165, 1.54) is 0 Å². The van der Waals surface area contributed by atoms with Crippen molar-refractivity contribution in [3.63, 3.8) is 0 Å². The number of carbonyl (C=O) groups is 1. The van der Waals surface area contributed by atoms with Crippen molar-refractivity contribution in [3.8, 4) is 0 Å². The monoisotopic (exact) mass is 272 g/mol. The molecule has 5 heteroatoms. The number of hydrogen-bond donors (Lipinski definition) is 2. The van der Waals surface area contributed by atoms with Crippen molar-refractivity contribution in [2.45, 2.75) is 57.6 Å². The van der Waals surface area contributed by atoms with Crippen LogP contribution in [0.2, 0.25) is 0 Å². The Kier molecular flexibility index (Phi) is 7.82. The summed E-state index contributed by atoms with van der Waals surface area (Å²) in [7, 11) is 1.65. The maximum atomic E-state index is 12.2. The summed E-state index contributed by atoms with van der Waals surface area (Å²) in [6.07, 6.45) is 5.23. The van der Waals surface area contributed by atoms with Gasteiger partial charge in [0, 0.05) is 26.2 Å². The van der Waals surface area contributed by atoms with E-state index in [1.54, 1.807) is 7.11 Å². The lowest BCUT2D eigenvalue weighted by Crippen LogP contribution is -2.47. The van der Waals surface area contributed by atoms with Crippen molar-refractivity contribution < 1.29 is 14.6 Å². The van der Waals surface area contributed by atoms with Gasteiger partial charge in [-0.3, -0.25) is 0 Å². The molecular weight excluding hydrogens is 244 g/mol. The third-order valence-electron chi connectivity index (χ3n) is 3.66. The molecule has 0 heterocycles. The minimum Gasteiger partial charge on any atom is -0.393 e. The first-order valence-corrected chi connectivity index (χ1v) is 7.39. The molecule has 2 N–H and O–H groups in total. The molecule has 0 bridgehead atoms. The van der Waals surface area contributed by atoms with E-state index in [0.29, 0.717) is 13.2 Å². The quantitative estimate of drug-likeness (QED) is 0.742. The van der Waals surface area contributed by atoms with E-state index in [4.69, 9.17) is 4.74 Å². The van der Waals surface area contributed by atoms with Gasteiger partial charge in [-0.15, -0.1) is 0 Å². The highest BCUT2D eigenvalue weighted by Crippen LogP contribution is 2.18. The predicted octanol–water partition coefficient (Wildman–Crippen LogP) is 1.75. The smallest absolute Gasteiger partial charge is 0.317 e. The van der Waals surface area contributed by atoms with Gasteiger partial charge in [0.25, 0.3) is 0 Å². The first-order valence-electron chi connectivity index (χ1n) is 7.39. The molecule has 1 fully saturated rings. The molecule has 112 valence electrons. The standard InChI is InChI=1S/C14H28N2O3/c1-3-4-9-16(10-11-19-2)14(18)15-12-5-7-13(17)8-6-12/h12-13,17H,3-11H2,1-2H3,(H,15,18). The van der Waals surface area contributed by atoms with Crippen molar-refractivity contribution in [1.82, 2.24) is 10.2 Å². The molecule has 0 radical (unpaired) electrons. The molecule has 0 aromatic heterocycles. The van der Waals surface area contributed by atoms with E-state index in [-0.39, 0.29) is 18.2 Å². The maximum absolute atomic E-state index is 12.2. The van der Waals surface area contributed by atoms with Crippen LogP contribution in [0.5, 0.6) is 0 Å². The highest BCUT2D eigenvalue weighted by atomic mass is 16.5. The SMILES string of the molecule is CCCCN(CCOC)C(=O)NC1CCC(O)CC1. The number of nitrogens with zero attached hydrogens (tertiary/aromatic N) is 1. The van der Waals surface area contributed by atoms with E-state index in [0.717, 1.165) is 45.1 Å². The van der Waals surface area contributed by atoms with E-state index < -0.39 is 0 Å². The molecule has 0 aliphatic heterocycles. The van der Waals surface area contributed by atoms with Crippen molar-refractivity contribution in [3.05, 3.63) is 0 Å². The maximum Gasteiger partial charge on any atom is 0.317 e. The number of urea groups is 1. The number of nitrogens with one attached hydrogen (secondary N) is 1. The highest BCUT2D eigenvalue weighted by Gasteiger charge is 2.22. The summed E-state index contributed by atoms with van der Waals surface area (Å²) < 4.78 is 5.05. The number of rotatable bonds is 7. The van der Waals surface area contributed by atoms with E-state index in [1.807, 2.05) is 4.90 Å². The Balaban J connectivity index is 2.36. The first-order chi connectivity index (χ1) is 9.17. The number of unbranched alkanes of at least 4 members (excludes halogenated alkanes) is 1. The van der Waals surface area contributed by atoms with E-state index >= 15 is 0 Å². The molecule has 5 nitrogen and oxygen atoms in total. The zero-order valence-electron chi connectivity index (χ0n) is 12.2. The number of aliphatic hydroxyl groups is 1. The second-order valence-corrected chi connectivity index (χ2v) is 5.29. The van der Waals surface area contributed by atoms with Crippen LogP contribution >= 0.6 is 0 Å². The Morgan fingerprint density at radius 3 is 2.58 bits per heavy atom. The number of hydrogen-bond acceptors (Lipinski definition) is 3. The molecule has 0 saturated heterocycles. The minimum absolute atomic E-state index is 0.00638. The number of carbonyl (C=O) groups excluding carboxylic acids is 1. The van der Waals surface area contributed by atoms with Crippen molar-refractivity contribution >= 4 is 6.03 Å². The molecule has 0 aromatic rings. The highest BCUT2D eigenvalue weighted by molar-refractivity contribution is 5.74. The zero-order valence-corrected chi connectivity index (χ0v) is 12.2. The largest absolute Gasteiger partial charge is 0.393 e. The lowest BCUT2D eigenvalue weighted by Gasteiger charge is -2.29. The van der Waals surface area contributed by atoms with Gasteiger partial charge in [-0.05, 0) is 32.1 Å². The Labute approximate surface area is 116 Å². The van der Waals surface area contributed by atoms with Crippen LogP contribution in [0, 0.1) is 0 Å². The van der Waals surface area contributed by atoms with Crippen LogP contribution in [0.1, 0.15) is 45.4 Å². The molecule has 1 aliphatic rings. The summed E-state index contributed by atoms with van der Waals surface area (Å²) in [5.74, 6) is 0. The van der Waals surface area contributed by atoms with Gasteiger partial charge in [0.2, 0.25) is 0 Å². The molecule has 0 atom stereocenters. The van der Waals surface area contributed by atoms with E-state index in [2.05, 4.69) is 12.2 Å². The second-order valence-electron chi connectivity index (χ2n) is 5.29. The first kappa shape index (κ1) is 16.2. The van der Waals surface area contributed by atoms with Gasteiger partial charge in [0.15, 0.2) is 0 Å². The van der Waals surface area contributed by atoms with Crippen LogP contribution in [0.15, 0.2) is 0 Å². The third-order valence-corrected chi connectivity index (χ3v) is 3.66. The fraction of sp³-hybridized carbons (Fsp3) is 0.929. The molecule has 0 spiro atoms. The molecule has 2 amide bonds. The summed E-state index contributed by atoms with van der Waals surface area (Å²) in [5, 5.41) is 12.5. The topological polar surface area (TPSA) is 61.8 Å². The summed E-state index contributed by atoms with van der Waals surface area (Å²) in [5.41, 5.74) is 0. The van der Waals surface area contributed by atoms with Gasteiger partial charge < -0.3 is 20.1 Å². The number of aliphatic hydroxyl groups excluding tert-OH is 1. The van der Waals surface area contributed by atoms with Crippen LogP contribution in [0.3, 0.4) is 0 Å². The average molecular weight is 272 g/mol. The van der Waals surface area contributed by atoms with Crippen LogP contribution in [0.4, 0.5) is 4.79 Å². The van der Waals surface area contributed by atoms with Gasteiger partial charge >= 0.3 is 6.03 Å². The van der Waals surface area contributed by atoms with Crippen molar-refractivity contribution in [2.75, 3.05) is 26.8 Å². The minimum atomic E-state index is -0.183. The molecule has 1 rings (SSSR count). The van der Waals surface area contributed by atoms with Crippen molar-refractivity contribution in [2.24, 2.45) is 0 Å². The summed E-state index contributed by atoms with van der Waals surface area (Å²) >= 11 is 0. The number of amides is 2. The van der Waals surface area contributed by atoms with Gasteiger partial charge in [0.1, 0.15) is 0 Å². The third kappa shape index (κ3) is 6.25. The van der Waals surface area contributed by atoms with Gasteiger partial charge in [-0.25, -0.2) is 4.79 Å². The normalized spacial score (nSPS) is 23.1. The summed E-state index contributed by atoms with van der Waals surface area (Å²) in [6.45, 7) is 4.11. The Morgan fingerprint density at radius 2 is 2.00 bits per heavy atom. The van der Waals surface area contributed by atoms with Gasteiger partial charge in [-0.1, -0.05) is 13.3 Å². The van der Waals surface area contributed by atoms with Crippen LogP contribution in [0.25, 0.3) is 0 Å². The molecule has 1 saturated carbocycles. The lowest BCUT2D eigenvalue weighted by atomic mass is 9.93. The van der Waals surface area contributed by atoms with Gasteiger partial charge in [-0.2, -0.15) is 0 Å². The van der Waals surface area contributed by atoms with Crippen LogP contribution in [-0.4, -0.2) is 55.0 Å². The number of ether oxygens (including phenoxy) is 1. The molecular formula is C14H28N2O3. The zero-order chi connectivity index (χ0) is 14.1. The fourth-order valence-corrected chi connectivity index (χ4v) is 2.35. The molecule has 0 aromatic carbocycles. The fourth-order valence-electron chi connectivity index (χ4n) is 2.35. The Hall–Kier alpha value is -0.810. The number of methoxy groups -OCH3 is 1. The van der Waals surface area contributed by atoms with Crippen molar-refractivity contribution in [1.29, 1.82) is 0 Å². The van der Waals surface area contributed by atoms with Gasteiger partial charge in [0.05, 0.1) is 12.7 Å². The summed E-state index contributed by atoms with van der Waals surface area (Å²) in [6, 6.07) is 0.217. The Morgan fingerprint density at radius 1 is 1.32 bits per heavy atom. The van der Waals surface area contributed by atoms with Crippen LogP contribution < -0.4 is 5.32 Å². The predicted molar refractivity (Wildman–Crippen MR) is 75.2 cm³/mol. The average Bonchev–Trinajstić information content (AvgIpc) is 2.41. The molecule has 1 aliphatic carbocycles. The Bertz CT molecular complexity index is 245. The second kappa shape index (κ2) is 9.15. The summed E-state index contributed by atoms with van der Waals surface area (Å²) in [4.78, 5) is 14.0. The molecule has 19 heavy (non-hydrogen) atoms. The van der Waals surface area contributed by atoms with E-state index in [9.17, 15) is 9.90 Å². The van der Waals surface area contributed by atoms with Crippen LogP contribution in [-0.2, 0) is 4.74 Å².